The van der Waals surface area contributed by atoms with Crippen LogP contribution in [0.25, 0.3) is 0 Å². The maximum absolute atomic E-state index is 5.82. The van der Waals surface area contributed by atoms with Gasteiger partial charge in [-0.05, 0) is 40.4 Å². The van der Waals surface area contributed by atoms with Crippen molar-refractivity contribution in [2.45, 2.75) is 52.7 Å². The number of pyridine rings is 1. The minimum absolute atomic E-state index is 0.00649. The Labute approximate surface area is 123 Å². The summed E-state index contributed by atoms with van der Waals surface area (Å²) < 4.78 is 5.82. The lowest BCUT2D eigenvalue weighted by atomic mass is 10.1. The van der Waals surface area contributed by atoms with Crippen LogP contribution in [0.5, 0.6) is 5.88 Å². The van der Waals surface area contributed by atoms with E-state index in [4.69, 9.17) is 4.74 Å². The van der Waals surface area contributed by atoms with Crippen LogP contribution >= 0.6 is 0 Å². The van der Waals surface area contributed by atoms with Gasteiger partial charge in [-0.3, -0.25) is 0 Å². The van der Waals surface area contributed by atoms with Crippen LogP contribution in [0.15, 0.2) is 12.1 Å². The van der Waals surface area contributed by atoms with Gasteiger partial charge in [0.25, 0.3) is 0 Å². The van der Waals surface area contributed by atoms with E-state index in [0.29, 0.717) is 18.5 Å². The molecule has 0 fully saturated rings. The van der Waals surface area contributed by atoms with Crippen molar-refractivity contribution in [2.75, 3.05) is 20.7 Å². The Balaban J connectivity index is 2.63. The van der Waals surface area contributed by atoms with E-state index in [0.717, 1.165) is 12.2 Å². The third-order valence-corrected chi connectivity index (χ3v) is 3.65. The first-order valence-electron chi connectivity index (χ1n) is 7.22. The number of nitrogens with zero attached hydrogens (tertiary/aromatic N) is 2. The van der Waals surface area contributed by atoms with Gasteiger partial charge in [0.05, 0.1) is 0 Å². The van der Waals surface area contributed by atoms with E-state index in [9.17, 15) is 0 Å². The van der Waals surface area contributed by atoms with Crippen molar-refractivity contribution < 1.29 is 4.74 Å². The largest absolute Gasteiger partial charge is 0.476 e. The zero-order valence-electron chi connectivity index (χ0n) is 13.9. The van der Waals surface area contributed by atoms with Gasteiger partial charge in [0.15, 0.2) is 0 Å². The first-order valence-corrected chi connectivity index (χ1v) is 7.22. The average molecular weight is 279 g/mol. The molecular weight excluding hydrogens is 250 g/mol. The van der Waals surface area contributed by atoms with Gasteiger partial charge in [-0.1, -0.05) is 19.9 Å². The minimum Gasteiger partial charge on any atom is -0.476 e. The molecule has 1 heterocycles. The smallest absolute Gasteiger partial charge is 0.213 e. The third-order valence-electron chi connectivity index (χ3n) is 3.65. The fourth-order valence-corrected chi connectivity index (χ4v) is 1.53. The second-order valence-corrected chi connectivity index (χ2v) is 6.43. The fraction of sp³-hybridized carbons (Fsp3) is 0.688. The first-order chi connectivity index (χ1) is 9.22. The number of rotatable bonds is 7. The lowest BCUT2D eigenvalue weighted by molar-refractivity contribution is 0.111. The summed E-state index contributed by atoms with van der Waals surface area (Å²) in [6.07, 6.45) is 0. The average Bonchev–Trinajstić information content (AvgIpc) is 2.35. The van der Waals surface area contributed by atoms with Crippen molar-refractivity contribution in [1.82, 2.24) is 15.2 Å². The van der Waals surface area contributed by atoms with Crippen LogP contribution in [-0.2, 0) is 6.54 Å². The van der Waals surface area contributed by atoms with Crippen LogP contribution in [0.2, 0.25) is 0 Å². The van der Waals surface area contributed by atoms with Gasteiger partial charge in [0.1, 0.15) is 6.61 Å². The molecule has 0 spiro atoms. The lowest BCUT2D eigenvalue weighted by Crippen LogP contribution is -2.43. The van der Waals surface area contributed by atoms with Gasteiger partial charge in [0.2, 0.25) is 5.88 Å². The second-order valence-electron chi connectivity index (χ2n) is 6.43. The summed E-state index contributed by atoms with van der Waals surface area (Å²) in [5, 5.41) is 3.41. The highest BCUT2D eigenvalue weighted by Gasteiger charge is 2.21. The zero-order chi connectivity index (χ0) is 15.3. The molecule has 114 valence electrons. The standard InChI is InChI=1S/C16H29N3O/c1-12(2)17-10-14-8-9-15(18-13(14)3)20-11-16(4,5)19(6)7/h8-9,12,17H,10-11H2,1-7H3. The van der Waals surface area contributed by atoms with E-state index in [1.165, 1.54) is 5.56 Å². The van der Waals surface area contributed by atoms with E-state index in [-0.39, 0.29) is 5.54 Å². The number of likely N-dealkylation sites (N-methyl/N-ethyl adjacent to an activating group) is 1. The molecule has 0 aliphatic carbocycles. The quantitative estimate of drug-likeness (QED) is 0.832. The molecule has 0 amide bonds. The topological polar surface area (TPSA) is 37.4 Å². The van der Waals surface area contributed by atoms with Crippen molar-refractivity contribution in [2.24, 2.45) is 0 Å². The molecule has 0 saturated heterocycles. The Hall–Kier alpha value is -1.13. The van der Waals surface area contributed by atoms with Crippen LogP contribution in [0.3, 0.4) is 0 Å². The third kappa shape index (κ3) is 5.10. The summed E-state index contributed by atoms with van der Waals surface area (Å²) in [6.45, 7) is 12.1. The molecule has 1 rings (SSSR count). The molecule has 4 nitrogen and oxygen atoms in total. The van der Waals surface area contributed by atoms with Gasteiger partial charge >= 0.3 is 0 Å². The van der Waals surface area contributed by atoms with Gasteiger partial charge in [-0.15, -0.1) is 0 Å². The number of aromatic nitrogens is 1. The molecule has 0 radical (unpaired) electrons. The molecule has 1 aromatic rings. The summed E-state index contributed by atoms with van der Waals surface area (Å²) in [4.78, 5) is 6.69. The van der Waals surface area contributed by atoms with Crippen molar-refractivity contribution in [1.29, 1.82) is 0 Å². The molecule has 0 saturated carbocycles. The van der Waals surface area contributed by atoms with E-state index >= 15 is 0 Å². The van der Waals surface area contributed by atoms with Crippen LogP contribution < -0.4 is 10.1 Å². The summed E-state index contributed by atoms with van der Waals surface area (Å²) in [7, 11) is 4.12. The normalized spacial score (nSPS) is 12.2. The first kappa shape index (κ1) is 16.9. The van der Waals surface area contributed by atoms with Gasteiger partial charge in [-0.25, -0.2) is 4.98 Å². The van der Waals surface area contributed by atoms with Crippen molar-refractivity contribution in [3.8, 4) is 5.88 Å². The van der Waals surface area contributed by atoms with E-state index in [2.05, 4.69) is 63.1 Å². The van der Waals surface area contributed by atoms with Crippen molar-refractivity contribution >= 4 is 0 Å². The fourth-order valence-electron chi connectivity index (χ4n) is 1.53. The van der Waals surface area contributed by atoms with Crippen LogP contribution in [0.1, 0.15) is 39.0 Å². The van der Waals surface area contributed by atoms with Gasteiger partial charge in [-0.2, -0.15) is 0 Å². The number of hydrogen-bond acceptors (Lipinski definition) is 4. The SMILES string of the molecule is Cc1nc(OCC(C)(C)N(C)C)ccc1CNC(C)C. The molecule has 0 aromatic carbocycles. The summed E-state index contributed by atoms with van der Waals surface area (Å²) >= 11 is 0. The van der Waals surface area contributed by atoms with Crippen molar-refractivity contribution in [3.63, 3.8) is 0 Å². The molecular formula is C16H29N3O. The molecule has 1 N–H and O–H groups in total. The highest BCUT2D eigenvalue weighted by atomic mass is 16.5. The second kappa shape index (κ2) is 7.04. The summed E-state index contributed by atoms with van der Waals surface area (Å²) in [5.74, 6) is 0.700. The highest BCUT2D eigenvalue weighted by Crippen LogP contribution is 2.16. The number of nitrogens with one attached hydrogen (secondary N) is 1. The Bertz CT molecular complexity index is 428. The molecule has 0 aliphatic heterocycles. The van der Waals surface area contributed by atoms with Gasteiger partial charge in [0, 0.05) is 29.9 Å². The number of aryl methyl sites for hydroxylation is 1. The van der Waals surface area contributed by atoms with Crippen LogP contribution in [0.4, 0.5) is 0 Å². The van der Waals surface area contributed by atoms with E-state index in [1.807, 2.05) is 13.0 Å². The number of ether oxygens (including phenoxy) is 1. The maximum atomic E-state index is 5.82. The Kier molecular flexibility index (Phi) is 5.96. The number of hydrogen-bond donors (Lipinski definition) is 1. The molecule has 0 aliphatic rings. The van der Waals surface area contributed by atoms with Gasteiger partial charge < -0.3 is 15.0 Å². The predicted octanol–water partition coefficient (Wildman–Crippen LogP) is 2.61. The molecule has 4 heteroatoms. The Morgan fingerprint density at radius 3 is 2.45 bits per heavy atom. The molecule has 0 bridgehead atoms. The molecule has 0 unspecified atom stereocenters. The summed E-state index contributed by atoms with van der Waals surface area (Å²) in [5.41, 5.74) is 2.24. The lowest BCUT2D eigenvalue weighted by Gasteiger charge is -2.31. The zero-order valence-corrected chi connectivity index (χ0v) is 13.9. The van der Waals surface area contributed by atoms with Crippen LogP contribution in [0, 0.1) is 6.92 Å². The Morgan fingerprint density at radius 1 is 1.30 bits per heavy atom. The van der Waals surface area contributed by atoms with Crippen molar-refractivity contribution in [3.05, 3.63) is 23.4 Å². The van der Waals surface area contributed by atoms with E-state index < -0.39 is 0 Å². The maximum Gasteiger partial charge on any atom is 0.213 e. The molecule has 1 aromatic heterocycles. The Morgan fingerprint density at radius 2 is 1.95 bits per heavy atom. The highest BCUT2D eigenvalue weighted by molar-refractivity contribution is 5.25. The minimum atomic E-state index is -0.00649. The summed E-state index contributed by atoms with van der Waals surface area (Å²) in [6, 6.07) is 4.53. The van der Waals surface area contributed by atoms with E-state index in [1.54, 1.807) is 0 Å². The monoisotopic (exact) mass is 279 g/mol. The van der Waals surface area contributed by atoms with Crippen LogP contribution in [-0.4, -0.2) is 42.2 Å². The molecule has 20 heavy (non-hydrogen) atoms. The predicted molar refractivity (Wildman–Crippen MR) is 84.2 cm³/mol. The molecule has 0 atom stereocenters.